The fraction of sp³-hybridized carbons (Fsp3) is 0.211. The Bertz CT molecular complexity index is 1040. The van der Waals surface area contributed by atoms with Gasteiger partial charge in [-0.15, -0.1) is 0 Å². The zero-order valence-corrected chi connectivity index (χ0v) is 15.3. The average molecular weight is 376 g/mol. The Morgan fingerprint density at radius 3 is 2.38 bits per heavy atom. The van der Waals surface area contributed by atoms with E-state index in [9.17, 15) is 17.6 Å². The van der Waals surface area contributed by atoms with Crippen molar-refractivity contribution in [3.8, 4) is 5.75 Å². The summed E-state index contributed by atoms with van der Waals surface area (Å²) in [6.45, 7) is 1.85. The van der Waals surface area contributed by atoms with Gasteiger partial charge in [-0.1, -0.05) is 12.1 Å². The van der Waals surface area contributed by atoms with Crippen molar-refractivity contribution in [1.82, 2.24) is 0 Å². The number of hydrogen-bond acceptors (Lipinski definition) is 5. The van der Waals surface area contributed by atoms with E-state index in [-0.39, 0.29) is 11.5 Å². The van der Waals surface area contributed by atoms with E-state index >= 15 is 0 Å². The zero-order chi connectivity index (χ0) is 19.1. The molecular formula is C19H17FO5S. The van der Waals surface area contributed by atoms with Gasteiger partial charge in [0.05, 0.1) is 12.7 Å². The summed E-state index contributed by atoms with van der Waals surface area (Å²) in [6.07, 6.45) is 0.943. The maximum atomic E-state index is 14.2. The maximum absolute atomic E-state index is 14.2. The third-order valence-corrected chi connectivity index (χ3v) is 5.35. The van der Waals surface area contributed by atoms with Crippen LogP contribution in [0, 0.1) is 12.7 Å². The number of carbonyl (C=O) groups is 1. The van der Waals surface area contributed by atoms with Crippen LogP contribution in [0.25, 0.3) is 11.1 Å². The molecule has 7 heteroatoms. The summed E-state index contributed by atoms with van der Waals surface area (Å²) >= 11 is 0. The minimum Gasteiger partial charge on any atom is -0.496 e. The second-order valence-corrected chi connectivity index (χ2v) is 8.02. The van der Waals surface area contributed by atoms with Crippen molar-refractivity contribution < 1.29 is 27.1 Å². The molecule has 136 valence electrons. The van der Waals surface area contributed by atoms with Gasteiger partial charge in [0.25, 0.3) is 0 Å². The Kier molecular flexibility index (Phi) is 4.58. The van der Waals surface area contributed by atoms with Gasteiger partial charge in [0.15, 0.2) is 9.84 Å². The van der Waals surface area contributed by atoms with Gasteiger partial charge in [0, 0.05) is 11.8 Å². The van der Waals surface area contributed by atoms with Crippen LogP contribution in [0.5, 0.6) is 5.75 Å². The zero-order valence-electron chi connectivity index (χ0n) is 14.5. The Morgan fingerprint density at radius 2 is 1.81 bits per heavy atom. The van der Waals surface area contributed by atoms with E-state index in [4.69, 9.17) is 9.47 Å². The number of cyclic esters (lactones) is 1. The van der Waals surface area contributed by atoms with Crippen LogP contribution in [0.4, 0.5) is 4.39 Å². The number of hydrogen-bond donors (Lipinski definition) is 0. The number of methoxy groups -OCH3 is 1. The highest BCUT2D eigenvalue weighted by Crippen LogP contribution is 2.35. The fourth-order valence-electron chi connectivity index (χ4n) is 2.95. The summed E-state index contributed by atoms with van der Waals surface area (Å²) in [5.74, 6) is -0.676. The predicted molar refractivity (Wildman–Crippen MR) is 95.0 cm³/mol. The van der Waals surface area contributed by atoms with Gasteiger partial charge in [0.2, 0.25) is 0 Å². The fourth-order valence-corrected chi connectivity index (χ4v) is 3.68. The highest BCUT2D eigenvalue weighted by Gasteiger charge is 2.28. The number of ether oxygens (including phenoxy) is 2. The van der Waals surface area contributed by atoms with Gasteiger partial charge in [-0.05, 0) is 47.9 Å². The number of rotatable bonds is 4. The van der Waals surface area contributed by atoms with Crippen molar-refractivity contribution in [3.63, 3.8) is 0 Å². The summed E-state index contributed by atoms with van der Waals surface area (Å²) in [5.41, 5.74) is 2.73. The normalized spacial score (nSPS) is 14.5. The molecule has 0 atom stereocenters. The second kappa shape index (κ2) is 6.57. The van der Waals surface area contributed by atoms with E-state index in [0.29, 0.717) is 28.0 Å². The lowest BCUT2D eigenvalue weighted by atomic mass is 9.95. The number of aryl methyl sites for hydroxylation is 1. The first kappa shape index (κ1) is 18.1. The van der Waals surface area contributed by atoms with Crippen LogP contribution in [0.15, 0.2) is 41.3 Å². The minimum absolute atomic E-state index is 0.00307. The number of benzene rings is 2. The van der Waals surface area contributed by atoms with E-state index in [1.54, 1.807) is 25.3 Å². The lowest BCUT2D eigenvalue weighted by Gasteiger charge is -2.09. The smallest absolute Gasteiger partial charge is 0.339 e. The molecule has 1 aliphatic heterocycles. The Labute approximate surface area is 151 Å². The van der Waals surface area contributed by atoms with Crippen LogP contribution in [-0.4, -0.2) is 34.4 Å². The molecule has 1 aliphatic rings. The Morgan fingerprint density at radius 1 is 1.12 bits per heavy atom. The number of esters is 1. The molecule has 0 saturated heterocycles. The van der Waals surface area contributed by atoms with Crippen molar-refractivity contribution in [2.45, 2.75) is 11.8 Å². The lowest BCUT2D eigenvalue weighted by molar-refractivity contribution is -0.133. The summed E-state index contributed by atoms with van der Waals surface area (Å²) in [4.78, 5) is 11.9. The summed E-state index contributed by atoms with van der Waals surface area (Å²) in [6, 6.07) is 9.06. The van der Waals surface area contributed by atoms with E-state index in [2.05, 4.69) is 0 Å². The number of halogens is 1. The van der Waals surface area contributed by atoms with E-state index in [1.165, 1.54) is 12.1 Å². The van der Waals surface area contributed by atoms with Gasteiger partial charge in [-0.25, -0.2) is 17.6 Å². The molecule has 0 aliphatic carbocycles. The monoisotopic (exact) mass is 376 g/mol. The van der Waals surface area contributed by atoms with E-state index in [0.717, 1.165) is 17.9 Å². The standard InChI is InChI=1S/C19H17FO5S/c1-11-8-13(4-6-16(11)24-2)18-14(10-25-19(18)21)12-5-7-17(15(20)9-12)26(3,22)23/h4-9H,10H2,1-3H3. The topological polar surface area (TPSA) is 69.7 Å². The van der Waals surface area contributed by atoms with Gasteiger partial charge in [-0.3, -0.25) is 0 Å². The van der Waals surface area contributed by atoms with Gasteiger partial charge in [-0.2, -0.15) is 0 Å². The second-order valence-electron chi connectivity index (χ2n) is 6.03. The van der Waals surface area contributed by atoms with Crippen LogP contribution >= 0.6 is 0 Å². The average Bonchev–Trinajstić information content (AvgIpc) is 2.95. The minimum atomic E-state index is -3.67. The highest BCUT2D eigenvalue weighted by atomic mass is 32.2. The van der Waals surface area contributed by atoms with Gasteiger partial charge < -0.3 is 9.47 Å². The molecule has 1 heterocycles. The summed E-state index contributed by atoms with van der Waals surface area (Å²) in [7, 11) is -2.11. The molecule has 2 aromatic rings. The summed E-state index contributed by atoms with van der Waals surface area (Å²) < 4.78 is 47.8. The Hall–Kier alpha value is -2.67. The molecule has 2 aromatic carbocycles. The predicted octanol–water partition coefficient (Wildman–Crippen LogP) is 3.01. The first-order valence-corrected chi connectivity index (χ1v) is 9.67. The molecule has 0 unspecified atom stereocenters. The maximum Gasteiger partial charge on any atom is 0.339 e. The molecule has 0 aromatic heterocycles. The first-order valence-electron chi connectivity index (χ1n) is 7.77. The molecule has 0 bridgehead atoms. The van der Waals surface area contributed by atoms with Crippen molar-refractivity contribution in [2.24, 2.45) is 0 Å². The SMILES string of the molecule is COc1ccc(C2=C(c3ccc(S(C)(=O)=O)c(F)c3)COC2=O)cc1C. The quantitative estimate of drug-likeness (QED) is 0.767. The van der Waals surface area contributed by atoms with Crippen LogP contribution in [0.2, 0.25) is 0 Å². The first-order chi connectivity index (χ1) is 12.2. The van der Waals surface area contributed by atoms with Crippen molar-refractivity contribution in [3.05, 3.63) is 58.9 Å². The van der Waals surface area contributed by atoms with Crippen LogP contribution in [0.1, 0.15) is 16.7 Å². The van der Waals surface area contributed by atoms with Crippen molar-refractivity contribution in [1.29, 1.82) is 0 Å². The Balaban J connectivity index is 2.14. The molecular weight excluding hydrogens is 359 g/mol. The van der Waals surface area contributed by atoms with Crippen molar-refractivity contribution >= 4 is 27.0 Å². The van der Waals surface area contributed by atoms with E-state index in [1.807, 2.05) is 6.92 Å². The van der Waals surface area contributed by atoms with Crippen LogP contribution in [-0.2, 0) is 19.4 Å². The largest absolute Gasteiger partial charge is 0.496 e. The van der Waals surface area contributed by atoms with Crippen LogP contribution < -0.4 is 4.74 Å². The molecule has 0 amide bonds. The molecule has 0 fully saturated rings. The molecule has 5 nitrogen and oxygen atoms in total. The molecule has 0 spiro atoms. The number of sulfone groups is 1. The lowest BCUT2D eigenvalue weighted by Crippen LogP contribution is -2.02. The molecule has 0 N–H and O–H groups in total. The molecule has 3 rings (SSSR count). The van der Waals surface area contributed by atoms with Crippen molar-refractivity contribution in [2.75, 3.05) is 20.0 Å². The third kappa shape index (κ3) is 3.22. The highest BCUT2D eigenvalue weighted by molar-refractivity contribution is 7.90. The molecule has 26 heavy (non-hydrogen) atoms. The van der Waals surface area contributed by atoms with Crippen LogP contribution in [0.3, 0.4) is 0 Å². The number of carbonyl (C=O) groups excluding carboxylic acids is 1. The van der Waals surface area contributed by atoms with Gasteiger partial charge >= 0.3 is 5.97 Å². The third-order valence-electron chi connectivity index (χ3n) is 4.22. The van der Waals surface area contributed by atoms with E-state index < -0.39 is 21.6 Å². The molecule has 0 radical (unpaired) electrons. The molecule has 0 saturated carbocycles. The summed E-state index contributed by atoms with van der Waals surface area (Å²) in [5, 5.41) is 0. The van der Waals surface area contributed by atoms with Gasteiger partial charge in [0.1, 0.15) is 23.1 Å².